The van der Waals surface area contributed by atoms with E-state index in [9.17, 15) is 0 Å². The van der Waals surface area contributed by atoms with Gasteiger partial charge in [-0.3, -0.25) is 0 Å². The van der Waals surface area contributed by atoms with Crippen molar-refractivity contribution in [1.29, 1.82) is 0 Å². The van der Waals surface area contributed by atoms with E-state index in [2.05, 4.69) is 4.98 Å². The van der Waals surface area contributed by atoms with Gasteiger partial charge in [0.2, 0.25) is 0 Å². The molecule has 12 heavy (non-hydrogen) atoms. The highest BCUT2D eigenvalue weighted by molar-refractivity contribution is 6.30. The summed E-state index contributed by atoms with van der Waals surface area (Å²) >= 11 is 5.83. The van der Waals surface area contributed by atoms with E-state index in [0.717, 1.165) is 12.0 Å². The predicted molar refractivity (Wildman–Crippen MR) is 50.9 cm³/mol. The summed E-state index contributed by atoms with van der Waals surface area (Å²) in [7, 11) is 0. The number of nitrogens with zero attached hydrogens (tertiary/aromatic N) is 1. The first-order chi connectivity index (χ1) is 5.66. The minimum Gasteiger partial charge on any atom is -0.398 e. The van der Waals surface area contributed by atoms with E-state index in [1.165, 1.54) is 0 Å². The van der Waals surface area contributed by atoms with Gasteiger partial charge in [0, 0.05) is 23.5 Å². The van der Waals surface area contributed by atoms with Gasteiger partial charge < -0.3 is 11.5 Å². The van der Waals surface area contributed by atoms with Crippen molar-refractivity contribution in [2.45, 2.75) is 19.4 Å². The van der Waals surface area contributed by atoms with Gasteiger partial charge in [-0.1, -0.05) is 18.5 Å². The van der Waals surface area contributed by atoms with E-state index in [4.69, 9.17) is 23.1 Å². The third-order valence-corrected chi connectivity index (χ3v) is 2.09. The zero-order chi connectivity index (χ0) is 9.14. The fourth-order valence-corrected chi connectivity index (χ4v) is 1.34. The average Bonchev–Trinajstić information content (AvgIpc) is 2.03. The number of halogens is 1. The van der Waals surface area contributed by atoms with Crippen LogP contribution in [-0.2, 0) is 0 Å². The molecule has 0 radical (unpaired) electrons. The highest BCUT2D eigenvalue weighted by Gasteiger charge is 2.11. The van der Waals surface area contributed by atoms with Crippen LogP contribution in [0, 0.1) is 0 Å². The van der Waals surface area contributed by atoms with Crippen molar-refractivity contribution in [2.24, 2.45) is 5.73 Å². The van der Waals surface area contributed by atoms with Crippen molar-refractivity contribution in [2.75, 3.05) is 5.73 Å². The Morgan fingerprint density at radius 1 is 1.67 bits per heavy atom. The second-order valence-corrected chi connectivity index (χ2v) is 2.98. The summed E-state index contributed by atoms with van der Waals surface area (Å²) in [5.41, 5.74) is 12.9. The molecule has 4 heteroatoms. The molecule has 0 bridgehead atoms. The van der Waals surface area contributed by atoms with Crippen molar-refractivity contribution < 1.29 is 0 Å². The number of rotatable bonds is 2. The Morgan fingerprint density at radius 2 is 2.33 bits per heavy atom. The monoisotopic (exact) mass is 185 g/mol. The summed E-state index contributed by atoms with van der Waals surface area (Å²) in [4.78, 5) is 3.91. The van der Waals surface area contributed by atoms with Crippen molar-refractivity contribution in [3.63, 3.8) is 0 Å². The Balaban J connectivity index is 3.12. The van der Waals surface area contributed by atoms with Gasteiger partial charge in [-0.05, 0) is 12.5 Å². The number of nitrogen functional groups attached to an aromatic ring is 1. The summed E-state index contributed by atoms with van der Waals surface area (Å²) in [6, 6.07) is 1.59. The van der Waals surface area contributed by atoms with Crippen LogP contribution in [0.5, 0.6) is 0 Å². The summed E-state index contributed by atoms with van der Waals surface area (Å²) in [6.45, 7) is 1.98. The zero-order valence-electron chi connectivity index (χ0n) is 6.92. The van der Waals surface area contributed by atoms with E-state index < -0.39 is 0 Å². The van der Waals surface area contributed by atoms with Crippen LogP contribution < -0.4 is 11.5 Å². The van der Waals surface area contributed by atoms with Gasteiger partial charge in [0.15, 0.2) is 0 Å². The third-order valence-electron chi connectivity index (χ3n) is 1.79. The van der Waals surface area contributed by atoms with Gasteiger partial charge >= 0.3 is 0 Å². The molecule has 0 fully saturated rings. The molecule has 0 aliphatic heterocycles. The molecule has 0 amide bonds. The molecular formula is C8H12ClN3. The van der Waals surface area contributed by atoms with Crippen LogP contribution in [0.1, 0.15) is 24.9 Å². The maximum atomic E-state index is 5.83. The minimum atomic E-state index is -0.119. The summed E-state index contributed by atoms with van der Waals surface area (Å²) in [5, 5.41) is 0.407. The van der Waals surface area contributed by atoms with Crippen LogP contribution in [-0.4, -0.2) is 4.98 Å². The number of hydrogen-bond acceptors (Lipinski definition) is 3. The second kappa shape index (κ2) is 3.74. The first-order valence-corrected chi connectivity index (χ1v) is 4.20. The summed E-state index contributed by atoms with van der Waals surface area (Å²) in [6.07, 6.45) is 2.37. The van der Waals surface area contributed by atoms with Crippen molar-refractivity contribution in [3.8, 4) is 0 Å². The highest BCUT2D eigenvalue weighted by atomic mass is 35.5. The molecule has 0 aliphatic carbocycles. The molecule has 0 aliphatic rings. The Bertz CT molecular complexity index is 255. The minimum absolute atomic E-state index is 0.119. The van der Waals surface area contributed by atoms with E-state index in [0.29, 0.717) is 10.8 Å². The molecular weight excluding hydrogens is 174 g/mol. The van der Waals surface area contributed by atoms with Gasteiger partial charge in [0.05, 0.1) is 0 Å². The van der Waals surface area contributed by atoms with Gasteiger partial charge in [-0.15, -0.1) is 0 Å². The largest absolute Gasteiger partial charge is 0.398 e. The summed E-state index contributed by atoms with van der Waals surface area (Å²) in [5.74, 6) is 0. The third kappa shape index (κ3) is 1.68. The predicted octanol–water partition coefficient (Wildman–Crippen LogP) is 1.73. The van der Waals surface area contributed by atoms with Gasteiger partial charge in [-0.2, -0.15) is 0 Å². The maximum Gasteiger partial charge on any atom is 0.135 e. The quantitative estimate of drug-likeness (QED) is 0.690. The van der Waals surface area contributed by atoms with Crippen LogP contribution in [0.2, 0.25) is 5.15 Å². The van der Waals surface area contributed by atoms with Gasteiger partial charge in [-0.25, -0.2) is 4.98 Å². The maximum absolute atomic E-state index is 5.83. The molecule has 1 heterocycles. The topological polar surface area (TPSA) is 64.9 Å². The van der Waals surface area contributed by atoms with Gasteiger partial charge in [0.1, 0.15) is 5.15 Å². The highest BCUT2D eigenvalue weighted by Crippen LogP contribution is 2.26. The van der Waals surface area contributed by atoms with Crippen molar-refractivity contribution in [3.05, 3.63) is 23.0 Å². The fourth-order valence-electron chi connectivity index (χ4n) is 1.03. The molecule has 1 atom stereocenters. The molecule has 0 aromatic carbocycles. The molecule has 0 saturated carbocycles. The van der Waals surface area contributed by atoms with Gasteiger partial charge in [0.25, 0.3) is 0 Å². The Kier molecular flexibility index (Phi) is 2.89. The van der Waals surface area contributed by atoms with Crippen LogP contribution in [0.15, 0.2) is 12.3 Å². The first kappa shape index (κ1) is 9.29. The lowest BCUT2D eigenvalue weighted by molar-refractivity contribution is 0.698. The van der Waals surface area contributed by atoms with Crippen LogP contribution in [0.4, 0.5) is 5.69 Å². The lowest BCUT2D eigenvalue weighted by atomic mass is 10.1. The number of hydrogen-bond donors (Lipinski definition) is 2. The lowest BCUT2D eigenvalue weighted by Crippen LogP contribution is -2.12. The normalized spacial score (nSPS) is 12.9. The zero-order valence-corrected chi connectivity index (χ0v) is 7.67. The SMILES string of the molecule is CC[C@@H](N)c1c(N)ccnc1Cl. The average molecular weight is 186 g/mol. The molecule has 0 saturated heterocycles. The lowest BCUT2D eigenvalue weighted by Gasteiger charge is -2.12. The first-order valence-electron chi connectivity index (χ1n) is 3.82. The molecule has 1 aromatic rings. The van der Waals surface area contributed by atoms with E-state index in [1.807, 2.05) is 6.92 Å². The van der Waals surface area contributed by atoms with E-state index in [1.54, 1.807) is 12.3 Å². The molecule has 3 nitrogen and oxygen atoms in total. The Labute approximate surface area is 76.7 Å². The molecule has 1 rings (SSSR count). The van der Waals surface area contributed by atoms with E-state index >= 15 is 0 Å². The standard InChI is InChI=1S/C8H12ClN3/c1-2-5(10)7-6(11)3-4-12-8(7)9/h3-5H,2,10H2,1H3,(H2,11,12)/t5-/m1/s1. The van der Waals surface area contributed by atoms with Crippen LogP contribution in [0.3, 0.4) is 0 Å². The second-order valence-electron chi connectivity index (χ2n) is 2.62. The molecule has 0 spiro atoms. The fraction of sp³-hybridized carbons (Fsp3) is 0.375. The Morgan fingerprint density at radius 3 is 2.83 bits per heavy atom. The molecule has 4 N–H and O–H groups in total. The van der Waals surface area contributed by atoms with Crippen LogP contribution >= 0.6 is 11.6 Å². The van der Waals surface area contributed by atoms with Crippen molar-refractivity contribution >= 4 is 17.3 Å². The number of nitrogens with two attached hydrogens (primary N) is 2. The number of aromatic nitrogens is 1. The van der Waals surface area contributed by atoms with Crippen LogP contribution in [0.25, 0.3) is 0 Å². The Hall–Kier alpha value is -0.800. The molecule has 66 valence electrons. The van der Waals surface area contributed by atoms with Crippen molar-refractivity contribution in [1.82, 2.24) is 4.98 Å². The number of anilines is 1. The number of pyridine rings is 1. The molecule has 1 aromatic heterocycles. The summed E-state index contributed by atoms with van der Waals surface area (Å²) < 4.78 is 0. The smallest absolute Gasteiger partial charge is 0.135 e. The molecule has 0 unspecified atom stereocenters. The van der Waals surface area contributed by atoms with E-state index in [-0.39, 0.29) is 6.04 Å².